The summed E-state index contributed by atoms with van der Waals surface area (Å²) in [7, 11) is 0. The molecule has 0 aliphatic carbocycles. The molecular weight excluding hydrogens is 534 g/mol. The molecule has 43 heavy (non-hydrogen) atoms. The minimum Gasteiger partial charge on any atom is -0.507 e. The highest BCUT2D eigenvalue weighted by atomic mass is 16.4. The number of anilines is 1. The molecule has 2 aromatic carbocycles. The zero-order valence-corrected chi connectivity index (χ0v) is 27.3. The van der Waals surface area contributed by atoms with Gasteiger partial charge in [-0.25, -0.2) is 4.79 Å². The molecule has 2 N–H and O–H groups in total. The summed E-state index contributed by atoms with van der Waals surface area (Å²) in [6, 6.07) is 11.4. The van der Waals surface area contributed by atoms with Crippen molar-refractivity contribution in [1.29, 1.82) is 0 Å². The van der Waals surface area contributed by atoms with Crippen LogP contribution in [-0.4, -0.2) is 35.1 Å². The number of nitrogens with zero attached hydrogens (tertiary/aromatic N) is 1. The minimum absolute atomic E-state index is 0.0560. The van der Waals surface area contributed by atoms with Gasteiger partial charge in [0.25, 0.3) is 0 Å². The maximum absolute atomic E-state index is 13.2. The van der Waals surface area contributed by atoms with Crippen molar-refractivity contribution in [2.24, 2.45) is 0 Å². The highest BCUT2D eigenvalue weighted by Crippen LogP contribution is 2.28. The van der Waals surface area contributed by atoms with Gasteiger partial charge in [-0.15, -0.1) is 0 Å². The van der Waals surface area contributed by atoms with Gasteiger partial charge in [-0.05, 0) is 31.0 Å². The molecule has 0 aromatic heterocycles. The molecular formula is C38H59NO4. The van der Waals surface area contributed by atoms with E-state index in [2.05, 4.69) is 18.7 Å². The van der Waals surface area contributed by atoms with Gasteiger partial charge in [-0.1, -0.05) is 148 Å². The smallest absolute Gasteiger partial charge is 0.336 e. The quantitative estimate of drug-likeness (QED) is 0.0838. The highest BCUT2D eigenvalue weighted by molar-refractivity contribution is 6.15. The first-order valence-corrected chi connectivity index (χ1v) is 17.4. The third kappa shape index (κ3) is 14.5. The fourth-order valence-corrected chi connectivity index (χ4v) is 5.87. The predicted molar refractivity (Wildman–Crippen MR) is 181 cm³/mol. The van der Waals surface area contributed by atoms with E-state index in [0.29, 0.717) is 0 Å². The lowest BCUT2D eigenvalue weighted by Crippen LogP contribution is -2.25. The van der Waals surface area contributed by atoms with Crippen LogP contribution in [0.5, 0.6) is 5.75 Å². The molecule has 0 atom stereocenters. The molecule has 0 aliphatic heterocycles. The Hall–Kier alpha value is -2.82. The van der Waals surface area contributed by atoms with Crippen LogP contribution in [0.3, 0.4) is 0 Å². The number of carboxylic acid groups (broad SMARTS) is 1. The van der Waals surface area contributed by atoms with Crippen LogP contribution in [0, 0.1) is 0 Å². The van der Waals surface area contributed by atoms with E-state index in [-0.39, 0.29) is 22.4 Å². The van der Waals surface area contributed by atoms with Crippen LogP contribution in [0.1, 0.15) is 169 Å². The number of rotatable bonds is 26. The van der Waals surface area contributed by atoms with Crippen molar-refractivity contribution >= 4 is 17.4 Å². The van der Waals surface area contributed by atoms with Gasteiger partial charge in [0.15, 0.2) is 5.78 Å². The van der Waals surface area contributed by atoms with Gasteiger partial charge in [0.2, 0.25) is 0 Å². The van der Waals surface area contributed by atoms with Crippen molar-refractivity contribution in [1.82, 2.24) is 0 Å². The molecule has 0 amide bonds. The summed E-state index contributed by atoms with van der Waals surface area (Å²) in [5, 5.41) is 20.4. The predicted octanol–water partition coefficient (Wildman–Crippen LogP) is 11.0. The third-order valence-electron chi connectivity index (χ3n) is 8.56. The van der Waals surface area contributed by atoms with Crippen LogP contribution in [0.15, 0.2) is 42.5 Å². The van der Waals surface area contributed by atoms with E-state index in [1.54, 1.807) is 24.3 Å². The molecule has 2 rings (SSSR count). The summed E-state index contributed by atoms with van der Waals surface area (Å²) < 4.78 is 0. The van der Waals surface area contributed by atoms with Gasteiger partial charge < -0.3 is 15.1 Å². The molecule has 0 bridgehead atoms. The summed E-state index contributed by atoms with van der Waals surface area (Å²) >= 11 is 0. The zero-order valence-electron chi connectivity index (χ0n) is 27.3. The van der Waals surface area contributed by atoms with Crippen molar-refractivity contribution in [2.45, 2.75) is 142 Å². The van der Waals surface area contributed by atoms with Crippen LogP contribution >= 0.6 is 0 Å². The fourth-order valence-electron chi connectivity index (χ4n) is 5.87. The summed E-state index contributed by atoms with van der Waals surface area (Å²) in [4.78, 5) is 27.2. The summed E-state index contributed by atoms with van der Waals surface area (Å²) in [6.07, 6.45) is 25.9. The first kappa shape index (κ1) is 36.4. The molecule has 0 saturated carbocycles. The number of benzene rings is 2. The monoisotopic (exact) mass is 593 g/mol. The van der Waals surface area contributed by atoms with Gasteiger partial charge in [0.05, 0.1) is 11.1 Å². The van der Waals surface area contributed by atoms with Gasteiger partial charge >= 0.3 is 5.97 Å². The topological polar surface area (TPSA) is 77.8 Å². The molecule has 0 unspecified atom stereocenters. The first-order valence-electron chi connectivity index (χ1n) is 17.4. The standard InChI is InChI=1S/C38H59NO4/c1-3-5-7-9-11-13-15-17-19-23-29-39(30-24-20-18-16-14-12-10-8-6-4-2)32-27-28-35(36(40)31-32)37(41)33-25-21-22-26-34(33)38(42)43/h21-22,25-28,31,40H,3-20,23-24,29-30H2,1-2H3,(H,42,43). The van der Waals surface area contributed by atoms with Gasteiger partial charge in [0.1, 0.15) is 5.75 Å². The number of carbonyl (C=O) groups excluding carboxylic acids is 1. The molecule has 0 spiro atoms. The number of hydrogen-bond donors (Lipinski definition) is 2. The van der Waals surface area contributed by atoms with Gasteiger partial charge in [-0.3, -0.25) is 4.79 Å². The number of aromatic hydroxyl groups is 1. The minimum atomic E-state index is -1.15. The Balaban J connectivity index is 1.93. The Kier molecular flexibility index (Phi) is 19.2. The number of carboxylic acids is 1. The van der Waals surface area contributed by atoms with E-state index < -0.39 is 11.8 Å². The average Bonchev–Trinajstić information content (AvgIpc) is 3.01. The Morgan fingerprint density at radius 2 is 0.977 bits per heavy atom. The molecule has 5 heteroatoms. The zero-order chi connectivity index (χ0) is 31.1. The lowest BCUT2D eigenvalue weighted by molar-refractivity contribution is 0.0692. The number of carbonyl (C=O) groups is 2. The number of unbranched alkanes of at least 4 members (excludes halogenated alkanes) is 18. The Bertz CT molecular complexity index is 1030. The second-order valence-corrected chi connectivity index (χ2v) is 12.2. The number of phenols is 1. The average molecular weight is 594 g/mol. The number of phenolic OH excluding ortho intramolecular Hbond substituents is 1. The number of hydrogen-bond acceptors (Lipinski definition) is 4. The van der Waals surface area contributed by atoms with Crippen LogP contribution in [0.2, 0.25) is 0 Å². The summed E-state index contributed by atoms with van der Waals surface area (Å²) in [6.45, 7) is 6.39. The molecule has 0 radical (unpaired) electrons. The van der Waals surface area contributed by atoms with E-state index in [4.69, 9.17) is 0 Å². The van der Waals surface area contributed by atoms with Crippen LogP contribution in [0.4, 0.5) is 5.69 Å². The normalized spacial score (nSPS) is 11.1. The Morgan fingerprint density at radius 3 is 1.40 bits per heavy atom. The van der Waals surface area contributed by atoms with Crippen LogP contribution in [0.25, 0.3) is 0 Å². The number of ketones is 1. The lowest BCUT2D eigenvalue weighted by Gasteiger charge is -2.25. The Labute approximate surface area is 262 Å². The van der Waals surface area contributed by atoms with E-state index in [1.807, 2.05) is 6.07 Å². The van der Waals surface area contributed by atoms with E-state index in [0.717, 1.165) is 31.6 Å². The highest BCUT2D eigenvalue weighted by Gasteiger charge is 2.21. The number of aromatic carboxylic acids is 1. The summed E-state index contributed by atoms with van der Waals surface area (Å²) in [5.41, 5.74) is 1.09. The maximum Gasteiger partial charge on any atom is 0.336 e. The maximum atomic E-state index is 13.2. The van der Waals surface area contributed by atoms with Crippen LogP contribution < -0.4 is 4.90 Å². The largest absolute Gasteiger partial charge is 0.507 e. The fraction of sp³-hybridized carbons (Fsp3) is 0.632. The molecule has 0 aliphatic rings. The molecule has 240 valence electrons. The van der Waals surface area contributed by atoms with Crippen molar-refractivity contribution < 1.29 is 19.8 Å². The van der Waals surface area contributed by atoms with Gasteiger partial charge in [0, 0.05) is 30.4 Å². The van der Waals surface area contributed by atoms with E-state index in [9.17, 15) is 19.8 Å². The lowest BCUT2D eigenvalue weighted by atomic mass is 9.97. The molecule has 5 nitrogen and oxygen atoms in total. The second kappa shape index (κ2) is 22.7. The molecule has 0 fully saturated rings. The molecule has 2 aromatic rings. The summed E-state index contributed by atoms with van der Waals surface area (Å²) in [5.74, 6) is -1.73. The second-order valence-electron chi connectivity index (χ2n) is 12.2. The SMILES string of the molecule is CCCCCCCCCCCCN(CCCCCCCCCCCC)c1ccc(C(=O)c2ccccc2C(=O)O)c(O)c1. The molecule has 0 saturated heterocycles. The van der Waals surface area contributed by atoms with E-state index in [1.165, 1.54) is 128 Å². The van der Waals surface area contributed by atoms with Crippen molar-refractivity contribution in [2.75, 3.05) is 18.0 Å². The molecule has 0 heterocycles. The van der Waals surface area contributed by atoms with Crippen LogP contribution in [-0.2, 0) is 0 Å². The van der Waals surface area contributed by atoms with Crippen molar-refractivity contribution in [3.63, 3.8) is 0 Å². The van der Waals surface area contributed by atoms with E-state index >= 15 is 0 Å². The van der Waals surface area contributed by atoms with Gasteiger partial charge in [-0.2, -0.15) is 0 Å². The van der Waals surface area contributed by atoms with Crippen molar-refractivity contribution in [3.05, 3.63) is 59.2 Å². The third-order valence-corrected chi connectivity index (χ3v) is 8.56. The van der Waals surface area contributed by atoms with Crippen molar-refractivity contribution in [3.8, 4) is 5.75 Å². The Morgan fingerprint density at radius 1 is 0.558 bits per heavy atom. The first-order chi connectivity index (χ1) is 21.0.